The van der Waals surface area contributed by atoms with Crippen LogP contribution in [0.15, 0.2) is 43.1 Å². The lowest BCUT2D eigenvalue weighted by Gasteiger charge is -2.17. The number of rotatable bonds is 7. The van der Waals surface area contributed by atoms with E-state index in [0.29, 0.717) is 23.5 Å². The summed E-state index contributed by atoms with van der Waals surface area (Å²) in [6.07, 6.45) is 8.83. The van der Waals surface area contributed by atoms with E-state index >= 15 is 4.39 Å². The Hall–Kier alpha value is -3.99. The van der Waals surface area contributed by atoms with Gasteiger partial charge in [0.05, 0.1) is 5.56 Å². The molecule has 4 aromatic rings. The summed E-state index contributed by atoms with van der Waals surface area (Å²) in [5, 5.41) is 11.9. The van der Waals surface area contributed by atoms with E-state index in [9.17, 15) is 0 Å². The Morgan fingerprint density at radius 1 is 1.09 bits per heavy atom. The number of likely N-dealkylation sites (tertiary alicyclic amines) is 1. The molecule has 0 saturated carbocycles. The van der Waals surface area contributed by atoms with Gasteiger partial charge in [-0.15, -0.1) is 5.10 Å². The third-order valence-corrected chi connectivity index (χ3v) is 5.93. The van der Waals surface area contributed by atoms with Crippen molar-refractivity contribution >= 4 is 5.82 Å². The molecule has 0 atom stereocenters. The van der Waals surface area contributed by atoms with Gasteiger partial charge in [0.15, 0.2) is 11.6 Å². The predicted octanol–water partition coefficient (Wildman–Crippen LogP) is 2.69. The molecule has 0 radical (unpaired) electrons. The van der Waals surface area contributed by atoms with E-state index in [-0.39, 0.29) is 17.3 Å². The van der Waals surface area contributed by atoms with Crippen molar-refractivity contribution in [1.29, 1.82) is 0 Å². The van der Waals surface area contributed by atoms with Crippen molar-refractivity contribution in [3.05, 3.63) is 54.5 Å². The molecule has 0 unspecified atom stereocenters. The summed E-state index contributed by atoms with van der Waals surface area (Å²) in [6.45, 7) is 5.20. The summed E-state index contributed by atoms with van der Waals surface area (Å²) in [5.41, 5.74) is 8.68. The first kappa shape index (κ1) is 21.8. The van der Waals surface area contributed by atoms with Crippen LogP contribution in [0.4, 0.5) is 10.2 Å². The van der Waals surface area contributed by atoms with Crippen molar-refractivity contribution in [3.63, 3.8) is 0 Å². The van der Waals surface area contributed by atoms with Crippen LogP contribution in [0.5, 0.6) is 5.75 Å². The van der Waals surface area contributed by atoms with Crippen LogP contribution >= 0.6 is 0 Å². The maximum atomic E-state index is 15.4. The molecular weight excluding hydrogens is 437 g/mol. The van der Waals surface area contributed by atoms with Crippen LogP contribution in [0.25, 0.3) is 28.2 Å². The molecule has 0 bridgehead atoms. The lowest BCUT2D eigenvalue weighted by atomic mass is 10.1. The van der Waals surface area contributed by atoms with Gasteiger partial charge in [0, 0.05) is 41.8 Å². The second-order valence-corrected chi connectivity index (χ2v) is 8.12. The highest BCUT2D eigenvalue weighted by Crippen LogP contribution is 2.31. The zero-order valence-corrected chi connectivity index (χ0v) is 18.7. The van der Waals surface area contributed by atoms with Crippen LogP contribution in [0.1, 0.15) is 18.4 Å². The molecule has 1 fully saturated rings. The fraction of sp³-hybridized carbons (Fsp3) is 0.304. The van der Waals surface area contributed by atoms with Crippen LogP contribution in [0.3, 0.4) is 0 Å². The van der Waals surface area contributed by atoms with Crippen molar-refractivity contribution in [3.8, 4) is 34.0 Å². The summed E-state index contributed by atoms with van der Waals surface area (Å²) >= 11 is 0. The number of nitrogens with two attached hydrogens (primary N) is 1. The molecule has 1 aliphatic rings. The second kappa shape index (κ2) is 9.48. The van der Waals surface area contributed by atoms with Gasteiger partial charge >= 0.3 is 0 Å². The number of aromatic nitrogens is 7. The number of hydrogen-bond donors (Lipinski definition) is 1. The van der Waals surface area contributed by atoms with Crippen molar-refractivity contribution < 1.29 is 9.13 Å². The lowest BCUT2D eigenvalue weighted by molar-refractivity contribution is 0.236. The van der Waals surface area contributed by atoms with E-state index in [1.807, 2.05) is 0 Å². The number of halogens is 1. The van der Waals surface area contributed by atoms with Crippen LogP contribution in [-0.4, -0.2) is 66.3 Å². The lowest BCUT2D eigenvalue weighted by Crippen LogP contribution is -2.25. The minimum atomic E-state index is -0.466. The first-order chi connectivity index (χ1) is 16.6. The molecule has 5 rings (SSSR count). The van der Waals surface area contributed by atoms with E-state index in [1.54, 1.807) is 43.7 Å². The molecule has 0 aliphatic carbocycles. The number of anilines is 1. The van der Waals surface area contributed by atoms with E-state index < -0.39 is 5.82 Å². The first-order valence-electron chi connectivity index (χ1n) is 11.1. The van der Waals surface area contributed by atoms with Gasteiger partial charge in [-0.05, 0) is 61.5 Å². The van der Waals surface area contributed by atoms with Crippen LogP contribution in [0, 0.1) is 12.7 Å². The number of tetrazole rings is 1. The summed E-state index contributed by atoms with van der Waals surface area (Å²) in [6, 6.07) is 5.12. The predicted molar refractivity (Wildman–Crippen MR) is 124 cm³/mol. The maximum absolute atomic E-state index is 15.4. The standard InChI is InChI=1S/C23H24FN9O/c1-15-20(34-9-8-32-6-2-3-7-32)5-4-19(21(15)24)33-23(29-30-31-33)18-10-16(13-28-22(18)25)17-11-26-14-27-12-17/h4-5,10-14H,2-3,6-9H2,1H3,(H2,25,28). The van der Waals surface area contributed by atoms with Gasteiger partial charge in [-0.3, -0.25) is 4.90 Å². The largest absolute Gasteiger partial charge is 0.492 e. The molecule has 10 nitrogen and oxygen atoms in total. The van der Waals surface area contributed by atoms with Gasteiger partial charge < -0.3 is 10.5 Å². The van der Waals surface area contributed by atoms with E-state index in [0.717, 1.165) is 30.8 Å². The van der Waals surface area contributed by atoms with Gasteiger partial charge in [-0.25, -0.2) is 19.3 Å². The van der Waals surface area contributed by atoms with Crippen molar-refractivity contribution in [1.82, 2.24) is 40.1 Å². The van der Waals surface area contributed by atoms with Gasteiger partial charge in [-0.1, -0.05) is 0 Å². The highest BCUT2D eigenvalue weighted by molar-refractivity contribution is 5.76. The summed E-state index contributed by atoms with van der Waals surface area (Å²) in [4.78, 5) is 14.7. The van der Waals surface area contributed by atoms with E-state index in [2.05, 4.69) is 35.4 Å². The summed E-state index contributed by atoms with van der Waals surface area (Å²) in [7, 11) is 0. The topological polar surface area (TPSA) is 121 Å². The first-order valence-corrected chi connectivity index (χ1v) is 11.1. The zero-order chi connectivity index (χ0) is 23.5. The molecule has 174 valence electrons. The second-order valence-electron chi connectivity index (χ2n) is 8.12. The maximum Gasteiger partial charge on any atom is 0.190 e. The molecule has 1 saturated heterocycles. The third-order valence-electron chi connectivity index (χ3n) is 5.93. The number of pyridine rings is 1. The minimum Gasteiger partial charge on any atom is -0.492 e. The molecule has 2 N–H and O–H groups in total. The van der Waals surface area contributed by atoms with Gasteiger partial charge in [0.25, 0.3) is 0 Å². The van der Waals surface area contributed by atoms with E-state index in [1.165, 1.54) is 23.9 Å². The number of benzene rings is 1. The molecule has 34 heavy (non-hydrogen) atoms. The van der Waals surface area contributed by atoms with Gasteiger partial charge in [-0.2, -0.15) is 4.68 Å². The van der Waals surface area contributed by atoms with Crippen molar-refractivity contribution in [2.75, 3.05) is 32.0 Å². The number of hydrogen-bond acceptors (Lipinski definition) is 9. The molecule has 0 spiro atoms. The smallest absolute Gasteiger partial charge is 0.190 e. The van der Waals surface area contributed by atoms with Crippen LogP contribution in [0.2, 0.25) is 0 Å². The molecule has 0 amide bonds. The number of ether oxygens (including phenoxy) is 1. The quantitative estimate of drug-likeness (QED) is 0.443. The fourth-order valence-corrected chi connectivity index (χ4v) is 4.04. The molecule has 1 aromatic carbocycles. The Morgan fingerprint density at radius 3 is 2.68 bits per heavy atom. The molecule has 1 aliphatic heterocycles. The fourth-order valence-electron chi connectivity index (χ4n) is 4.04. The van der Waals surface area contributed by atoms with Crippen molar-refractivity contribution in [2.45, 2.75) is 19.8 Å². The summed E-state index contributed by atoms with van der Waals surface area (Å²) in [5.74, 6) is 0.522. The molecule has 4 heterocycles. The molecule has 3 aromatic heterocycles. The SMILES string of the molecule is Cc1c(OCCN2CCCC2)ccc(-n2nnnc2-c2cc(-c3cncnc3)cnc2N)c1F. The Labute approximate surface area is 195 Å². The summed E-state index contributed by atoms with van der Waals surface area (Å²) < 4.78 is 22.6. The monoisotopic (exact) mass is 461 g/mol. The normalized spacial score (nSPS) is 13.9. The highest BCUT2D eigenvalue weighted by Gasteiger charge is 2.20. The minimum absolute atomic E-state index is 0.192. The van der Waals surface area contributed by atoms with Gasteiger partial charge in [0.2, 0.25) is 0 Å². The average molecular weight is 462 g/mol. The molecule has 11 heteroatoms. The van der Waals surface area contributed by atoms with Gasteiger partial charge in [0.1, 0.15) is 30.2 Å². The highest BCUT2D eigenvalue weighted by atomic mass is 19.1. The Morgan fingerprint density at radius 2 is 1.88 bits per heavy atom. The Bertz CT molecular complexity index is 1290. The van der Waals surface area contributed by atoms with E-state index in [4.69, 9.17) is 10.5 Å². The Balaban J connectivity index is 1.43. The number of nitrogens with zero attached hydrogens (tertiary/aromatic N) is 8. The number of nitrogen functional groups attached to an aromatic ring is 1. The third kappa shape index (κ3) is 4.29. The zero-order valence-electron chi connectivity index (χ0n) is 18.7. The average Bonchev–Trinajstić information content (AvgIpc) is 3.55. The van der Waals surface area contributed by atoms with Crippen molar-refractivity contribution in [2.24, 2.45) is 0 Å². The molecular formula is C23H24FN9O. The Kier molecular flexibility index (Phi) is 6.09. The van der Waals surface area contributed by atoms with Crippen LogP contribution in [-0.2, 0) is 0 Å². The van der Waals surface area contributed by atoms with Crippen LogP contribution < -0.4 is 10.5 Å².